The van der Waals surface area contributed by atoms with Gasteiger partial charge in [0.25, 0.3) is 5.56 Å². The first kappa shape index (κ1) is 20.1. The van der Waals surface area contributed by atoms with Crippen molar-refractivity contribution in [3.8, 4) is 17.1 Å². The lowest BCUT2D eigenvalue weighted by Crippen LogP contribution is -2.28. The fourth-order valence-electron chi connectivity index (χ4n) is 3.69. The van der Waals surface area contributed by atoms with Crippen molar-refractivity contribution in [2.75, 3.05) is 7.11 Å². The van der Waals surface area contributed by atoms with Gasteiger partial charge >= 0.3 is 0 Å². The predicted molar refractivity (Wildman–Crippen MR) is 125 cm³/mol. The smallest absolute Gasteiger partial charge is 0.266 e. The molecule has 32 heavy (non-hydrogen) atoms. The van der Waals surface area contributed by atoms with Gasteiger partial charge in [-0.3, -0.25) is 14.2 Å². The molecule has 0 aliphatic heterocycles. The summed E-state index contributed by atoms with van der Waals surface area (Å²) in [5.74, 6) is 0.375. The van der Waals surface area contributed by atoms with Gasteiger partial charge in [-0.15, -0.1) is 11.3 Å². The summed E-state index contributed by atoms with van der Waals surface area (Å²) in [5.41, 5.74) is 0.142. The maximum absolute atomic E-state index is 14.7. The third kappa shape index (κ3) is 3.36. The normalized spacial score (nSPS) is 11.2. The second-order valence-electron chi connectivity index (χ2n) is 7.26. The van der Waals surface area contributed by atoms with E-state index in [1.165, 1.54) is 22.0 Å². The molecule has 0 bridgehead atoms. The van der Waals surface area contributed by atoms with Gasteiger partial charge in [-0.05, 0) is 42.0 Å². The first-order valence-corrected chi connectivity index (χ1v) is 10.7. The molecule has 2 aromatic heterocycles. The Morgan fingerprint density at radius 2 is 1.69 bits per heavy atom. The van der Waals surface area contributed by atoms with Crippen LogP contribution in [-0.2, 0) is 6.54 Å². The van der Waals surface area contributed by atoms with Gasteiger partial charge in [-0.1, -0.05) is 36.4 Å². The predicted octanol–water partition coefficient (Wildman–Crippen LogP) is 4.83. The van der Waals surface area contributed by atoms with E-state index < -0.39 is 11.4 Å². The van der Waals surface area contributed by atoms with Crippen LogP contribution in [0.3, 0.4) is 0 Å². The van der Waals surface area contributed by atoms with Crippen LogP contribution in [0.4, 0.5) is 4.39 Å². The standard InChI is InChI=1S/C25H17FN2O3S/c1-31-16-12-10-15(11-13-16)14-28-23(17-6-2-4-8-19(17)26)27-24-21(25(28)30)22(29)18-7-3-5-9-20(18)32-24/h2-13H,14H2,1H3. The number of nitrogens with zero attached hydrogens (tertiary/aromatic N) is 2. The van der Waals surface area contributed by atoms with Gasteiger partial charge in [-0.25, -0.2) is 9.37 Å². The second kappa shape index (κ2) is 8.01. The third-order valence-electron chi connectivity index (χ3n) is 5.32. The molecule has 0 spiro atoms. The molecule has 7 heteroatoms. The maximum atomic E-state index is 14.7. The number of halogens is 1. The topological polar surface area (TPSA) is 61.2 Å². The molecule has 2 heterocycles. The molecule has 0 atom stereocenters. The Balaban J connectivity index is 1.83. The van der Waals surface area contributed by atoms with Crippen LogP contribution in [0, 0.1) is 5.82 Å². The number of methoxy groups -OCH3 is 1. The fourth-order valence-corrected chi connectivity index (χ4v) is 4.73. The van der Waals surface area contributed by atoms with E-state index in [4.69, 9.17) is 4.74 Å². The average Bonchev–Trinajstić information content (AvgIpc) is 2.81. The maximum Gasteiger partial charge on any atom is 0.266 e. The summed E-state index contributed by atoms with van der Waals surface area (Å²) in [6.45, 7) is 0.131. The molecule has 5 nitrogen and oxygen atoms in total. The number of benzene rings is 3. The Morgan fingerprint density at radius 3 is 2.44 bits per heavy atom. The zero-order valence-corrected chi connectivity index (χ0v) is 17.9. The number of rotatable bonds is 4. The first-order valence-electron chi connectivity index (χ1n) is 9.91. The van der Waals surface area contributed by atoms with Crippen molar-refractivity contribution in [3.63, 3.8) is 0 Å². The minimum atomic E-state index is -0.490. The summed E-state index contributed by atoms with van der Waals surface area (Å²) in [6, 6.07) is 20.5. The highest BCUT2D eigenvalue weighted by atomic mass is 32.1. The van der Waals surface area contributed by atoms with E-state index in [1.54, 1.807) is 49.6 Å². The van der Waals surface area contributed by atoms with Crippen LogP contribution in [0.1, 0.15) is 5.56 Å². The molecule has 3 aromatic carbocycles. The molecular formula is C25H17FN2O3S. The van der Waals surface area contributed by atoms with Crippen molar-refractivity contribution in [1.29, 1.82) is 0 Å². The monoisotopic (exact) mass is 444 g/mol. The van der Waals surface area contributed by atoms with Gasteiger partial charge in [0, 0.05) is 10.1 Å². The molecule has 158 valence electrons. The minimum Gasteiger partial charge on any atom is -0.497 e. The first-order chi connectivity index (χ1) is 15.6. The van der Waals surface area contributed by atoms with Crippen LogP contribution in [0.25, 0.3) is 31.7 Å². The van der Waals surface area contributed by atoms with E-state index in [1.807, 2.05) is 24.3 Å². The van der Waals surface area contributed by atoms with Crippen LogP contribution in [0.5, 0.6) is 5.75 Å². The Labute approximate surface area is 186 Å². The molecule has 0 saturated heterocycles. The van der Waals surface area contributed by atoms with Gasteiger partial charge in [0.2, 0.25) is 5.43 Å². The van der Waals surface area contributed by atoms with Crippen LogP contribution >= 0.6 is 11.3 Å². The number of fused-ring (bicyclic) bond motifs is 2. The van der Waals surface area contributed by atoms with Crippen molar-refractivity contribution < 1.29 is 9.13 Å². The summed E-state index contributed by atoms with van der Waals surface area (Å²) in [5, 5.41) is 0.487. The van der Waals surface area contributed by atoms with Crippen molar-refractivity contribution in [3.05, 3.63) is 105 Å². The van der Waals surface area contributed by atoms with Crippen LogP contribution in [0.15, 0.2) is 82.4 Å². The second-order valence-corrected chi connectivity index (χ2v) is 8.29. The third-order valence-corrected chi connectivity index (χ3v) is 6.38. The summed E-state index contributed by atoms with van der Waals surface area (Å²) < 4.78 is 22.0. The van der Waals surface area contributed by atoms with E-state index in [9.17, 15) is 14.0 Å². The zero-order chi connectivity index (χ0) is 22.2. The highest BCUT2D eigenvalue weighted by Crippen LogP contribution is 2.26. The lowest BCUT2D eigenvalue weighted by molar-refractivity contribution is 0.414. The number of hydrogen-bond acceptors (Lipinski definition) is 5. The van der Waals surface area contributed by atoms with Gasteiger partial charge in [0.15, 0.2) is 0 Å². The highest BCUT2D eigenvalue weighted by Gasteiger charge is 2.19. The molecule has 0 aliphatic rings. The SMILES string of the molecule is COc1ccc(Cn2c(-c3ccccc3F)nc3sc4ccccc4c(=O)c3c2=O)cc1. The molecule has 5 rings (SSSR count). The van der Waals surface area contributed by atoms with E-state index in [-0.39, 0.29) is 28.7 Å². The average molecular weight is 444 g/mol. The van der Waals surface area contributed by atoms with Crippen molar-refractivity contribution >= 4 is 31.6 Å². The zero-order valence-electron chi connectivity index (χ0n) is 17.0. The molecular weight excluding hydrogens is 427 g/mol. The van der Waals surface area contributed by atoms with Crippen molar-refractivity contribution in [2.24, 2.45) is 0 Å². The lowest BCUT2D eigenvalue weighted by Gasteiger charge is -2.14. The molecule has 5 aromatic rings. The summed E-state index contributed by atoms with van der Waals surface area (Å²) >= 11 is 1.25. The van der Waals surface area contributed by atoms with Gasteiger partial charge in [-0.2, -0.15) is 0 Å². The Hall–Kier alpha value is -3.84. The lowest BCUT2D eigenvalue weighted by atomic mass is 10.1. The Bertz CT molecular complexity index is 1590. The summed E-state index contributed by atoms with van der Waals surface area (Å²) in [7, 11) is 1.57. The van der Waals surface area contributed by atoms with Crippen LogP contribution in [0.2, 0.25) is 0 Å². The number of ether oxygens (including phenoxy) is 1. The molecule has 0 unspecified atom stereocenters. The molecule has 0 N–H and O–H groups in total. The number of hydrogen-bond donors (Lipinski definition) is 0. The van der Waals surface area contributed by atoms with Crippen LogP contribution < -0.4 is 15.7 Å². The van der Waals surface area contributed by atoms with E-state index in [0.29, 0.717) is 16.0 Å². The molecule has 0 aliphatic carbocycles. The Kier molecular flexibility index (Phi) is 5.03. The fraction of sp³-hybridized carbons (Fsp3) is 0.0800. The van der Waals surface area contributed by atoms with Crippen molar-refractivity contribution in [2.45, 2.75) is 6.54 Å². The molecule has 0 amide bonds. The number of aromatic nitrogens is 2. The summed E-state index contributed by atoms with van der Waals surface area (Å²) in [6.07, 6.45) is 0. The summed E-state index contributed by atoms with van der Waals surface area (Å²) in [4.78, 5) is 31.7. The molecule has 0 saturated carbocycles. The van der Waals surface area contributed by atoms with Gasteiger partial charge in [0.05, 0.1) is 19.2 Å². The van der Waals surface area contributed by atoms with E-state index >= 15 is 0 Å². The minimum absolute atomic E-state index is 0.0160. The largest absolute Gasteiger partial charge is 0.497 e. The molecule has 0 fully saturated rings. The molecule has 0 radical (unpaired) electrons. The quantitative estimate of drug-likeness (QED) is 0.373. The Morgan fingerprint density at radius 1 is 0.969 bits per heavy atom. The van der Waals surface area contributed by atoms with E-state index in [0.717, 1.165) is 10.3 Å². The van der Waals surface area contributed by atoms with Gasteiger partial charge < -0.3 is 4.74 Å². The van der Waals surface area contributed by atoms with Crippen LogP contribution in [-0.4, -0.2) is 16.7 Å². The highest BCUT2D eigenvalue weighted by molar-refractivity contribution is 7.24. The van der Waals surface area contributed by atoms with E-state index in [2.05, 4.69) is 4.98 Å². The van der Waals surface area contributed by atoms with Gasteiger partial charge in [0.1, 0.15) is 27.6 Å². The van der Waals surface area contributed by atoms with Crippen molar-refractivity contribution in [1.82, 2.24) is 9.55 Å².